The van der Waals surface area contributed by atoms with E-state index in [-0.39, 0.29) is 5.75 Å². The SMILES string of the molecule is CCCN1CCCc2c(-c3cccc(OC)c3)cccc21.FC(F)(F)Oc1ccccc1. The number of rotatable bonds is 5. The van der Waals surface area contributed by atoms with Gasteiger partial charge in [0.1, 0.15) is 11.5 Å². The van der Waals surface area contributed by atoms with E-state index in [4.69, 9.17) is 4.74 Å². The van der Waals surface area contributed by atoms with Crippen LogP contribution in [0.25, 0.3) is 11.1 Å². The third kappa shape index (κ3) is 6.42. The molecule has 0 radical (unpaired) electrons. The molecule has 170 valence electrons. The zero-order valence-electron chi connectivity index (χ0n) is 18.4. The Bertz CT molecular complexity index is 990. The average Bonchev–Trinajstić information content (AvgIpc) is 2.79. The summed E-state index contributed by atoms with van der Waals surface area (Å²) in [6.07, 6.45) is -0.985. The van der Waals surface area contributed by atoms with Crippen molar-refractivity contribution in [3.63, 3.8) is 0 Å². The van der Waals surface area contributed by atoms with Crippen LogP contribution in [0.4, 0.5) is 18.9 Å². The molecule has 4 rings (SSSR count). The van der Waals surface area contributed by atoms with E-state index in [1.807, 2.05) is 6.07 Å². The van der Waals surface area contributed by atoms with Crippen molar-refractivity contribution in [1.82, 2.24) is 0 Å². The monoisotopic (exact) mass is 443 g/mol. The van der Waals surface area contributed by atoms with Crippen LogP contribution in [-0.4, -0.2) is 26.6 Å². The maximum atomic E-state index is 11.5. The zero-order valence-corrected chi connectivity index (χ0v) is 18.4. The number of alkyl halides is 3. The summed E-state index contributed by atoms with van der Waals surface area (Å²) >= 11 is 0. The number of hydrogen-bond donors (Lipinski definition) is 0. The molecule has 0 atom stereocenters. The minimum Gasteiger partial charge on any atom is -0.497 e. The third-order valence-corrected chi connectivity index (χ3v) is 5.20. The molecule has 1 aliphatic heterocycles. The number of fused-ring (bicyclic) bond motifs is 1. The van der Waals surface area contributed by atoms with Crippen LogP contribution in [-0.2, 0) is 6.42 Å². The Kier molecular flexibility index (Phi) is 8.03. The molecule has 3 nitrogen and oxygen atoms in total. The highest BCUT2D eigenvalue weighted by Gasteiger charge is 2.30. The zero-order chi connectivity index (χ0) is 23.0. The number of anilines is 1. The van der Waals surface area contributed by atoms with Crippen LogP contribution < -0.4 is 14.4 Å². The molecular weight excluding hydrogens is 415 g/mol. The predicted octanol–water partition coefficient (Wildman–Crippen LogP) is 7.11. The van der Waals surface area contributed by atoms with Crippen LogP contribution in [0.2, 0.25) is 0 Å². The summed E-state index contributed by atoms with van der Waals surface area (Å²) in [6.45, 7) is 4.58. The van der Waals surface area contributed by atoms with Gasteiger partial charge in [-0.3, -0.25) is 0 Å². The first-order valence-corrected chi connectivity index (χ1v) is 10.7. The standard InChI is InChI=1S/C19H23NO.C7H5F3O/c1-3-12-20-13-6-10-18-17(9-5-11-19(18)20)15-7-4-8-16(14-15)21-2;8-7(9,10)11-6-4-2-1-3-5-6/h4-5,7-9,11,14H,3,6,10,12-13H2,1-2H3;1-5H. The van der Waals surface area contributed by atoms with Gasteiger partial charge in [-0.15, -0.1) is 13.2 Å². The number of ether oxygens (including phenoxy) is 2. The molecule has 3 aromatic carbocycles. The Balaban J connectivity index is 0.000000222. The fourth-order valence-electron chi connectivity index (χ4n) is 3.89. The molecule has 0 aromatic heterocycles. The van der Waals surface area contributed by atoms with E-state index in [0.717, 1.165) is 12.3 Å². The van der Waals surface area contributed by atoms with Crippen molar-refractivity contribution in [1.29, 1.82) is 0 Å². The molecule has 0 N–H and O–H groups in total. The van der Waals surface area contributed by atoms with E-state index < -0.39 is 6.36 Å². The van der Waals surface area contributed by atoms with Gasteiger partial charge in [0, 0.05) is 18.8 Å². The highest BCUT2D eigenvalue weighted by Crippen LogP contribution is 2.36. The molecule has 0 amide bonds. The lowest BCUT2D eigenvalue weighted by Crippen LogP contribution is -2.30. The molecule has 0 saturated heterocycles. The van der Waals surface area contributed by atoms with Crippen molar-refractivity contribution in [2.45, 2.75) is 32.5 Å². The first kappa shape index (κ1) is 23.5. The lowest BCUT2D eigenvalue weighted by molar-refractivity contribution is -0.274. The summed E-state index contributed by atoms with van der Waals surface area (Å²) in [7, 11) is 1.72. The first-order valence-electron chi connectivity index (χ1n) is 10.7. The molecule has 0 fully saturated rings. The van der Waals surface area contributed by atoms with Gasteiger partial charge in [-0.2, -0.15) is 0 Å². The fraction of sp³-hybridized carbons (Fsp3) is 0.308. The van der Waals surface area contributed by atoms with Crippen molar-refractivity contribution < 1.29 is 22.6 Å². The topological polar surface area (TPSA) is 21.7 Å². The highest BCUT2D eigenvalue weighted by atomic mass is 19.4. The number of nitrogens with zero attached hydrogens (tertiary/aromatic N) is 1. The Labute approximate surface area is 187 Å². The molecule has 6 heteroatoms. The van der Waals surface area contributed by atoms with Gasteiger partial charge in [0.15, 0.2) is 0 Å². The molecule has 0 spiro atoms. The number of methoxy groups -OCH3 is 1. The minimum absolute atomic E-state index is 0.194. The largest absolute Gasteiger partial charge is 0.573 e. The average molecular weight is 444 g/mol. The smallest absolute Gasteiger partial charge is 0.497 e. The summed E-state index contributed by atoms with van der Waals surface area (Å²) in [5, 5.41) is 0. The Hall–Kier alpha value is -3.15. The van der Waals surface area contributed by atoms with Crippen molar-refractivity contribution in [3.05, 3.63) is 78.4 Å². The van der Waals surface area contributed by atoms with E-state index in [2.05, 4.69) is 53.0 Å². The normalized spacial score (nSPS) is 13.0. The quantitative estimate of drug-likeness (QED) is 0.419. The molecule has 32 heavy (non-hydrogen) atoms. The summed E-state index contributed by atoms with van der Waals surface area (Å²) in [6, 6.07) is 22.1. The number of para-hydroxylation sites is 1. The summed E-state index contributed by atoms with van der Waals surface area (Å²) in [5.41, 5.74) is 5.52. The van der Waals surface area contributed by atoms with Gasteiger partial charge in [-0.05, 0) is 66.3 Å². The molecule has 3 aromatic rings. The number of benzene rings is 3. The third-order valence-electron chi connectivity index (χ3n) is 5.20. The second-order valence-electron chi connectivity index (χ2n) is 7.49. The van der Waals surface area contributed by atoms with Crippen LogP contribution in [0, 0.1) is 0 Å². The van der Waals surface area contributed by atoms with Crippen LogP contribution in [0.1, 0.15) is 25.3 Å². The lowest BCUT2D eigenvalue weighted by atomic mass is 9.92. The maximum Gasteiger partial charge on any atom is 0.573 e. The van der Waals surface area contributed by atoms with E-state index in [1.54, 1.807) is 13.2 Å². The number of hydrogen-bond acceptors (Lipinski definition) is 3. The van der Waals surface area contributed by atoms with Gasteiger partial charge in [-0.25, -0.2) is 0 Å². The first-order chi connectivity index (χ1) is 15.4. The van der Waals surface area contributed by atoms with E-state index in [0.29, 0.717) is 0 Å². The van der Waals surface area contributed by atoms with Crippen molar-refractivity contribution in [3.8, 4) is 22.6 Å². The van der Waals surface area contributed by atoms with Gasteiger partial charge in [-0.1, -0.05) is 49.4 Å². The van der Waals surface area contributed by atoms with Crippen LogP contribution in [0.15, 0.2) is 72.8 Å². The lowest BCUT2D eigenvalue weighted by Gasteiger charge is -2.32. The van der Waals surface area contributed by atoms with Crippen molar-refractivity contribution >= 4 is 5.69 Å². The second kappa shape index (κ2) is 10.9. The van der Waals surface area contributed by atoms with Gasteiger partial charge in [0.05, 0.1) is 7.11 Å². The van der Waals surface area contributed by atoms with Gasteiger partial charge in [0.25, 0.3) is 0 Å². The fourth-order valence-corrected chi connectivity index (χ4v) is 3.89. The van der Waals surface area contributed by atoms with E-state index >= 15 is 0 Å². The summed E-state index contributed by atoms with van der Waals surface area (Å²) < 4.78 is 43.5. The minimum atomic E-state index is -4.60. The van der Waals surface area contributed by atoms with Crippen LogP contribution in [0.5, 0.6) is 11.5 Å². The molecule has 0 saturated carbocycles. The van der Waals surface area contributed by atoms with Crippen LogP contribution >= 0.6 is 0 Å². The predicted molar refractivity (Wildman–Crippen MR) is 122 cm³/mol. The molecule has 1 heterocycles. The highest BCUT2D eigenvalue weighted by molar-refractivity contribution is 5.76. The molecular formula is C26H28F3NO2. The van der Waals surface area contributed by atoms with Crippen LogP contribution in [0.3, 0.4) is 0 Å². The van der Waals surface area contributed by atoms with Gasteiger partial charge >= 0.3 is 6.36 Å². The Morgan fingerprint density at radius 2 is 1.62 bits per heavy atom. The number of halogens is 3. The summed E-state index contributed by atoms with van der Waals surface area (Å²) in [4.78, 5) is 2.53. The Morgan fingerprint density at radius 1 is 0.906 bits per heavy atom. The molecule has 0 bridgehead atoms. The van der Waals surface area contributed by atoms with E-state index in [1.165, 1.54) is 72.5 Å². The Morgan fingerprint density at radius 3 is 2.31 bits per heavy atom. The molecule has 1 aliphatic rings. The molecule has 0 unspecified atom stereocenters. The van der Waals surface area contributed by atoms with Crippen molar-refractivity contribution in [2.24, 2.45) is 0 Å². The maximum absolute atomic E-state index is 11.5. The second-order valence-corrected chi connectivity index (χ2v) is 7.49. The molecule has 0 aliphatic carbocycles. The van der Waals surface area contributed by atoms with Gasteiger partial charge in [0.2, 0.25) is 0 Å². The van der Waals surface area contributed by atoms with E-state index in [9.17, 15) is 13.2 Å². The summed E-state index contributed by atoms with van der Waals surface area (Å²) in [5.74, 6) is 0.728. The van der Waals surface area contributed by atoms with Gasteiger partial charge < -0.3 is 14.4 Å². The van der Waals surface area contributed by atoms with Crippen molar-refractivity contribution in [2.75, 3.05) is 25.1 Å².